The van der Waals surface area contributed by atoms with E-state index in [1.54, 1.807) is 0 Å². The van der Waals surface area contributed by atoms with Gasteiger partial charge >= 0.3 is 0 Å². The van der Waals surface area contributed by atoms with Crippen molar-refractivity contribution < 1.29 is 4.74 Å². The highest BCUT2D eigenvalue weighted by Crippen LogP contribution is 2.42. The molecule has 2 heterocycles. The Bertz CT molecular complexity index is 875. The van der Waals surface area contributed by atoms with E-state index in [2.05, 4.69) is 58.4 Å². The predicted octanol–water partition coefficient (Wildman–Crippen LogP) is 3.16. The lowest BCUT2D eigenvalue weighted by Gasteiger charge is -2.41. The van der Waals surface area contributed by atoms with Crippen LogP contribution in [0.15, 0.2) is 53.5 Å². The summed E-state index contributed by atoms with van der Waals surface area (Å²) in [6, 6.07) is 18.8. The van der Waals surface area contributed by atoms with Gasteiger partial charge in [0.05, 0.1) is 12.6 Å². The van der Waals surface area contributed by atoms with Crippen LogP contribution in [-0.4, -0.2) is 42.1 Å². The molecule has 4 N–H and O–H groups in total. The second-order valence-electron chi connectivity index (χ2n) is 8.87. The van der Waals surface area contributed by atoms with Gasteiger partial charge in [-0.1, -0.05) is 48.5 Å². The fraction of sp³-hybridized carbons (Fsp3) is 0.480. The molecule has 0 radical (unpaired) electrons. The number of rotatable bonds is 5. The number of benzene rings is 2. The molecule has 3 unspecified atom stereocenters. The quantitative estimate of drug-likeness (QED) is 0.593. The van der Waals surface area contributed by atoms with Crippen LogP contribution in [-0.2, 0) is 17.6 Å². The fourth-order valence-electron chi connectivity index (χ4n) is 5.82. The van der Waals surface area contributed by atoms with Crippen molar-refractivity contribution in [2.75, 3.05) is 13.1 Å². The van der Waals surface area contributed by atoms with Gasteiger partial charge in [-0.15, -0.1) is 0 Å². The second kappa shape index (κ2) is 8.40. The Morgan fingerprint density at radius 3 is 2.20 bits per heavy atom. The summed E-state index contributed by atoms with van der Waals surface area (Å²) < 4.78 is 7.03. The Morgan fingerprint density at radius 2 is 1.53 bits per heavy atom. The molecule has 30 heavy (non-hydrogen) atoms. The monoisotopic (exact) mass is 404 g/mol. The van der Waals surface area contributed by atoms with Crippen LogP contribution in [0.1, 0.15) is 54.0 Å². The molecule has 1 aliphatic carbocycles. The first-order chi connectivity index (χ1) is 14.7. The van der Waals surface area contributed by atoms with E-state index in [9.17, 15) is 0 Å². The molecule has 0 spiro atoms. The average Bonchev–Trinajstić information content (AvgIpc) is 2.94. The maximum absolute atomic E-state index is 7.03. The maximum Gasteiger partial charge on any atom is 0.185 e. The third kappa shape index (κ3) is 3.72. The molecule has 5 rings (SSSR count). The molecule has 2 aliphatic heterocycles. The number of nitrogens with zero attached hydrogens (tertiary/aromatic N) is 2. The zero-order chi connectivity index (χ0) is 20.5. The van der Waals surface area contributed by atoms with E-state index >= 15 is 0 Å². The van der Waals surface area contributed by atoms with Crippen LogP contribution >= 0.6 is 0 Å². The minimum absolute atomic E-state index is 0.0154. The molecule has 5 nitrogen and oxygen atoms in total. The Labute approximate surface area is 179 Å². The van der Waals surface area contributed by atoms with Crippen molar-refractivity contribution in [1.82, 2.24) is 4.90 Å². The van der Waals surface area contributed by atoms with E-state index in [0.29, 0.717) is 18.6 Å². The van der Waals surface area contributed by atoms with Crippen molar-refractivity contribution in [3.05, 3.63) is 70.8 Å². The Morgan fingerprint density at radius 1 is 0.900 bits per heavy atom. The first-order valence-corrected chi connectivity index (χ1v) is 11.3. The first-order valence-electron chi connectivity index (χ1n) is 11.3. The lowest BCUT2D eigenvalue weighted by Crippen LogP contribution is -2.49. The summed E-state index contributed by atoms with van der Waals surface area (Å²) >= 11 is 0. The number of guanidine groups is 1. The highest BCUT2D eigenvalue weighted by molar-refractivity contribution is 5.75. The summed E-state index contributed by atoms with van der Waals surface area (Å²) in [4.78, 5) is 6.82. The molecule has 2 saturated heterocycles. The molecule has 2 aromatic carbocycles. The molecule has 0 saturated carbocycles. The van der Waals surface area contributed by atoms with Crippen LogP contribution in [0.2, 0.25) is 0 Å². The highest BCUT2D eigenvalue weighted by Gasteiger charge is 2.43. The van der Waals surface area contributed by atoms with E-state index in [1.807, 2.05) is 0 Å². The van der Waals surface area contributed by atoms with Gasteiger partial charge in [0, 0.05) is 18.6 Å². The first kappa shape index (κ1) is 19.6. The molecule has 3 aliphatic rings. The van der Waals surface area contributed by atoms with Crippen molar-refractivity contribution in [2.45, 2.75) is 62.8 Å². The van der Waals surface area contributed by atoms with Crippen LogP contribution in [0, 0.1) is 0 Å². The lowest BCUT2D eigenvalue weighted by atomic mass is 9.95. The highest BCUT2D eigenvalue weighted by atomic mass is 16.5. The van der Waals surface area contributed by atoms with E-state index < -0.39 is 0 Å². The van der Waals surface area contributed by atoms with Gasteiger partial charge in [-0.3, -0.25) is 9.89 Å². The summed E-state index contributed by atoms with van der Waals surface area (Å²) in [6.45, 7) is 1.57. The van der Waals surface area contributed by atoms with Gasteiger partial charge in [-0.2, -0.15) is 0 Å². The number of ether oxygens (including phenoxy) is 1. The second-order valence-corrected chi connectivity index (χ2v) is 8.87. The SMILES string of the molecule is NC(N)=NCCN1C2CCC(OC3c4ccccc4CCc4ccccc43)C1CC2. The summed E-state index contributed by atoms with van der Waals surface area (Å²) in [5, 5.41) is 0. The zero-order valence-electron chi connectivity index (χ0n) is 17.5. The van der Waals surface area contributed by atoms with E-state index in [-0.39, 0.29) is 18.2 Å². The van der Waals surface area contributed by atoms with Crippen molar-refractivity contribution in [1.29, 1.82) is 0 Å². The molecule has 2 bridgehead atoms. The molecule has 2 fully saturated rings. The number of nitrogens with two attached hydrogens (primary N) is 2. The summed E-state index contributed by atoms with van der Waals surface area (Å²) in [7, 11) is 0. The molecular formula is C25H32N4O. The molecule has 2 aromatic rings. The van der Waals surface area contributed by atoms with E-state index in [4.69, 9.17) is 16.2 Å². The molecule has 0 aromatic heterocycles. The molecular weight excluding hydrogens is 372 g/mol. The minimum Gasteiger partial charge on any atom is -0.370 e. The average molecular weight is 405 g/mol. The van der Waals surface area contributed by atoms with Gasteiger partial charge in [0.1, 0.15) is 6.10 Å². The third-order valence-electron chi connectivity index (χ3n) is 7.21. The topological polar surface area (TPSA) is 76.9 Å². The van der Waals surface area contributed by atoms with Crippen LogP contribution in [0.5, 0.6) is 0 Å². The largest absolute Gasteiger partial charge is 0.370 e. The van der Waals surface area contributed by atoms with Gasteiger partial charge in [0.25, 0.3) is 0 Å². The van der Waals surface area contributed by atoms with Crippen LogP contribution in [0.3, 0.4) is 0 Å². The minimum atomic E-state index is 0.0154. The van der Waals surface area contributed by atoms with E-state index in [0.717, 1.165) is 25.8 Å². The van der Waals surface area contributed by atoms with Crippen LogP contribution in [0.25, 0.3) is 0 Å². The molecule has 5 heteroatoms. The number of hydrogen-bond donors (Lipinski definition) is 2. The van der Waals surface area contributed by atoms with Crippen LogP contribution < -0.4 is 11.5 Å². The van der Waals surface area contributed by atoms with E-state index in [1.165, 1.54) is 41.5 Å². The lowest BCUT2D eigenvalue weighted by molar-refractivity contribution is -0.0653. The normalized spacial score (nSPS) is 25.9. The standard InChI is InChI=1S/C25H32N4O/c26-25(27)28-15-16-29-19-11-13-22(29)23(14-12-19)30-24-20-7-3-1-5-17(20)9-10-18-6-2-4-8-21(18)24/h1-8,19,22-24H,9-16H2,(H4,26,27,28). The number of fused-ring (bicyclic) bond motifs is 4. The Kier molecular flexibility index (Phi) is 5.48. The summed E-state index contributed by atoms with van der Waals surface area (Å²) in [6.07, 6.45) is 7.20. The van der Waals surface area contributed by atoms with Gasteiger partial charge in [0.15, 0.2) is 5.96 Å². The van der Waals surface area contributed by atoms with Gasteiger partial charge < -0.3 is 16.2 Å². The summed E-state index contributed by atoms with van der Waals surface area (Å²) in [5.74, 6) is 0.179. The van der Waals surface area contributed by atoms with Gasteiger partial charge in [-0.05, 0) is 60.8 Å². The molecule has 3 atom stereocenters. The number of aryl methyl sites for hydroxylation is 2. The molecule has 158 valence electrons. The number of piperidine rings is 1. The van der Waals surface area contributed by atoms with Crippen molar-refractivity contribution in [2.24, 2.45) is 16.5 Å². The smallest absolute Gasteiger partial charge is 0.185 e. The Hall–Kier alpha value is -2.37. The number of aliphatic imine (C=N–C) groups is 1. The fourth-order valence-corrected chi connectivity index (χ4v) is 5.82. The van der Waals surface area contributed by atoms with Crippen molar-refractivity contribution in [3.8, 4) is 0 Å². The van der Waals surface area contributed by atoms with Gasteiger partial charge in [-0.25, -0.2) is 0 Å². The number of hydrogen-bond acceptors (Lipinski definition) is 3. The third-order valence-corrected chi connectivity index (χ3v) is 7.21. The van der Waals surface area contributed by atoms with Gasteiger partial charge in [0.2, 0.25) is 0 Å². The predicted molar refractivity (Wildman–Crippen MR) is 120 cm³/mol. The summed E-state index contributed by atoms with van der Waals surface area (Å²) in [5.41, 5.74) is 16.6. The van der Waals surface area contributed by atoms with Crippen molar-refractivity contribution >= 4 is 5.96 Å². The maximum atomic E-state index is 7.03. The van der Waals surface area contributed by atoms with Crippen LogP contribution in [0.4, 0.5) is 0 Å². The molecule has 0 amide bonds. The van der Waals surface area contributed by atoms with Crippen molar-refractivity contribution in [3.63, 3.8) is 0 Å². The zero-order valence-corrected chi connectivity index (χ0v) is 17.5. The Balaban J connectivity index is 1.42.